The van der Waals surface area contributed by atoms with Crippen LogP contribution < -0.4 is 5.32 Å². The Morgan fingerprint density at radius 3 is 0.960 bits per heavy atom. The predicted octanol–water partition coefficient (Wildman–Crippen LogP) is 13.0. The van der Waals surface area contributed by atoms with Gasteiger partial charge in [-0.2, -0.15) is 0 Å². The van der Waals surface area contributed by atoms with Crippen molar-refractivity contribution in [3.05, 3.63) is 0 Å². The first kappa shape index (κ1) is 49.4. The molecule has 5 heteroatoms. The molecule has 0 saturated heterocycles. The van der Waals surface area contributed by atoms with E-state index in [1.807, 2.05) is 0 Å². The molecule has 0 saturated carbocycles. The van der Waals surface area contributed by atoms with Crippen LogP contribution >= 0.6 is 0 Å². The SMILES string of the molecule is CCCCCCCCCCCCCCCCCCCCCCCCCCC(O)C(CO)NC(=O)CC(O)CCCCCCCCCCCCC. The van der Waals surface area contributed by atoms with Gasteiger partial charge < -0.3 is 20.6 Å². The van der Waals surface area contributed by atoms with Gasteiger partial charge >= 0.3 is 0 Å². The maximum Gasteiger partial charge on any atom is 0.222 e. The van der Waals surface area contributed by atoms with Gasteiger partial charge in [-0.15, -0.1) is 0 Å². The Morgan fingerprint density at radius 1 is 0.420 bits per heavy atom. The molecule has 0 rings (SSSR count). The third kappa shape index (κ3) is 37.1. The normalized spacial score (nSPS) is 13.5. The van der Waals surface area contributed by atoms with E-state index in [0.29, 0.717) is 12.8 Å². The number of hydrogen-bond donors (Lipinski definition) is 4. The van der Waals surface area contributed by atoms with Crippen molar-refractivity contribution in [1.82, 2.24) is 5.32 Å². The molecule has 0 spiro atoms. The number of nitrogens with one attached hydrogen (secondary N) is 1. The standard InChI is InChI=1S/C45H91NO4/c1-3-5-7-9-11-13-15-16-17-18-19-20-21-22-23-24-25-26-27-29-31-33-35-37-39-44(49)43(41-47)46-45(50)40-42(48)38-36-34-32-30-28-14-12-10-8-6-4-2/h42-44,47-49H,3-41H2,1-2H3,(H,46,50). The number of amides is 1. The van der Waals surface area contributed by atoms with E-state index < -0.39 is 18.2 Å². The summed E-state index contributed by atoms with van der Waals surface area (Å²) >= 11 is 0. The van der Waals surface area contributed by atoms with Crippen LogP contribution in [0.4, 0.5) is 0 Å². The average molecular weight is 710 g/mol. The second-order valence-corrected chi connectivity index (χ2v) is 16.0. The molecule has 300 valence electrons. The second kappa shape index (κ2) is 41.1. The zero-order chi connectivity index (χ0) is 36.6. The van der Waals surface area contributed by atoms with Gasteiger partial charge in [-0.1, -0.05) is 239 Å². The van der Waals surface area contributed by atoms with Crippen molar-refractivity contribution in [3.63, 3.8) is 0 Å². The number of carbonyl (C=O) groups excluding carboxylic acids is 1. The van der Waals surface area contributed by atoms with Gasteiger partial charge in [0.2, 0.25) is 5.91 Å². The van der Waals surface area contributed by atoms with Crippen LogP contribution in [0.15, 0.2) is 0 Å². The summed E-state index contributed by atoms with van der Waals surface area (Å²) in [6.07, 6.45) is 46.6. The molecule has 0 aliphatic rings. The number of hydrogen-bond acceptors (Lipinski definition) is 4. The van der Waals surface area contributed by atoms with E-state index in [1.165, 1.54) is 199 Å². The molecular formula is C45H91NO4. The minimum absolute atomic E-state index is 0.0421. The van der Waals surface area contributed by atoms with Gasteiger partial charge in [0.1, 0.15) is 0 Å². The minimum atomic E-state index is -0.743. The van der Waals surface area contributed by atoms with Crippen molar-refractivity contribution >= 4 is 5.91 Å². The van der Waals surface area contributed by atoms with E-state index in [-0.39, 0.29) is 18.9 Å². The van der Waals surface area contributed by atoms with Crippen molar-refractivity contribution in [2.75, 3.05) is 6.61 Å². The smallest absolute Gasteiger partial charge is 0.222 e. The summed E-state index contributed by atoms with van der Waals surface area (Å²) in [6, 6.07) is -0.652. The Hall–Kier alpha value is -0.650. The number of rotatable bonds is 42. The molecule has 0 radical (unpaired) electrons. The van der Waals surface area contributed by atoms with Gasteiger partial charge in [0.05, 0.1) is 31.3 Å². The van der Waals surface area contributed by atoms with Gasteiger partial charge in [-0.3, -0.25) is 4.79 Å². The van der Waals surface area contributed by atoms with Crippen molar-refractivity contribution in [1.29, 1.82) is 0 Å². The third-order valence-corrected chi connectivity index (χ3v) is 10.9. The molecule has 50 heavy (non-hydrogen) atoms. The van der Waals surface area contributed by atoms with E-state index >= 15 is 0 Å². The van der Waals surface area contributed by atoms with Crippen LogP contribution in [0.5, 0.6) is 0 Å². The molecule has 0 bridgehead atoms. The van der Waals surface area contributed by atoms with Crippen LogP contribution in [0.25, 0.3) is 0 Å². The quantitative estimate of drug-likeness (QED) is 0.0475. The summed E-state index contributed by atoms with van der Waals surface area (Å²) in [5.41, 5.74) is 0. The molecule has 0 aliphatic carbocycles. The summed E-state index contributed by atoms with van der Waals surface area (Å²) in [7, 11) is 0. The summed E-state index contributed by atoms with van der Waals surface area (Å²) < 4.78 is 0. The Morgan fingerprint density at radius 2 is 0.680 bits per heavy atom. The van der Waals surface area contributed by atoms with E-state index in [0.717, 1.165) is 25.7 Å². The lowest BCUT2D eigenvalue weighted by Gasteiger charge is -2.23. The second-order valence-electron chi connectivity index (χ2n) is 16.0. The maximum atomic E-state index is 12.4. The monoisotopic (exact) mass is 710 g/mol. The molecule has 3 unspecified atom stereocenters. The molecule has 1 amide bonds. The zero-order valence-corrected chi connectivity index (χ0v) is 34.1. The Labute approximate surface area is 313 Å². The maximum absolute atomic E-state index is 12.4. The molecule has 0 fully saturated rings. The van der Waals surface area contributed by atoms with Crippen molar-refractivity contribution < 1.29 is 20.1 Å². The third-order valence-electron chi connectivity index (χ3n) is 10.9. The fourth-order valence-corrected chi connectivity index (χ4v) is 7.41. The molecule has 3 atom stereocenters. The van der Waals surface area contributed by atoms with E-state index in [1.54, 1.807) is 0 Å². The molecule has 0 aromatic heterocycles. The van der Waals surface area contributed by atoms with Gasteiger partial charge in [0.25, 0.3) is 0 Å². The first-order valence-corrected chi connectivity index (χ1v) is 22.8. The van der Waals surface area contributed by atoms with Crippen LogP contribution in [0.3, 0.4) is 0 Å². The van der Waals surface area contributed by atoms with Crippen LogP contribution in [0.1, 0.15) is 258 Å². The Balaban J connectivity index is 3.52. The van der Waals surface area contributed by atoms with Crippen molar-refractivity contribution in [2.45, 2.75) is 276 Å². The van der Waals surface area contributed by atoms with Crippen LogP contribution in [-0.2, 0) is 4.79 Å². The summed E-state index contributed by atoms with van der Waals surface area (Å²) in [6.45, 7) is 4.27. The zero-order valence-electron chi connectivity index (χ0n) is 34.1. The minimum Gasteiger partial charge on any atom is -0.394 e. The lowest BCUT2D eigenvalue weighted by Crippen LogP contribution is -2.46. The first-order chi connectivity index (χ1) is 24.5. The van der Waals surface area contributed by atoms with Gasteiger partial charge in [0, 0.05) is 0 Å². The largest absolute Gasteiger partial charge is 0.394 e. The molecule has 0 aromatic rings. The lowest BCUT2D eigenvalue weighted by atomic mass is 10.0. The van der Waals surface area contributed by atoms with Gasteiger partial charge in [0.15, 0.2) is 0 Å². The number of unbranched alkanes of at least 4 members (excludes halogenated alkanes) is 33. The number of aliphatic hydroxyl groups is 3. The van der Waals surface area contributed by atoms with E-state index in [2.05, 4.69) is 19.2 Å². The fourth-order valence-electron chi connectivity index (χ4n) is 7.41. The predicted molar refractivity (Wildman–Crippen MR) is 218 cm³/mol. The molecule has 4 N–H and O–H groups in total. The number of aliphatic hydroxyl groups excluding tert-OH is 3. The molecule has 5 nitrogen and oxygen atoms in total. The molecular weight excluding hydrogens is 618 g/mol. The highest BCUT2D eigenvalue weighted by Crippen LogP contribution is 2.17. The molecule has 0 heterocycles. The van der Waals surface area contributed by atoms with Gasteiger partial charge in [-0.05, 0) is 12.8 Å². The van der Waals surface area contributed by atoms with Crippen LogP contribution in [0, 0.1) is 0 Å². The summed E-state index contributed by atoms with van der Waals surface area (Å²) in [4.78, 5) is 12.4. The van der Waals surface area contributed by atoms with Crippen LogP contribution in [-0.4, -0.2) is 46.1 Å². The Bertz CT molecular complexity index is 659. The first-order valence-electron chi connectivity index (χ1n) is 22.8. The molecule has 0 aromatic carbocycles. The average Bonchev–Trinajstić information content (AvgIpc) is 3.11. The van der Waals surface area contributed by atoms with E-state index in [4.69, 9.17) is 0 Å². The van der Waals surface area contributed by atoms with Crippen LogP contribution in [0.2, 0.25) is 0 Å². The number of carbonyl (C=O) groups is 1. The van der Waals surface area contributed by atoms with Crippen molar-refractivity contribution in [2.24, 2.45) is 0 Å². The highest BCUT2D eigenvalue weighted by Gasteiger charge is 2.21. The summed E-state index contributed by atoms with van der Waals surface area (Å²) in [5, 5.41) is 33.4. The molecule has 0 aliphatic heterocycles. The highest BCUT2D eigenvalue weighted by atomic mass is 16.3. The summed E-state index contributed by atoms with van der Waals surface area (Å²) in [5.74, 6) is -0.279. The van der Waals surface area contributed by atoms with Crippen molar-refractivity contribution in [3.8, 4) is 0 Å². The van der Waals surface area contributed by atoms with Gasteiger partial charge in [-0.25, -0.2) is 0 Å². The highest BCUT2D eigenvalue weighted by molar-refractivity contribution is 5.76. The lowest BCUT2D eigenvalue weighted by molar-refractivity contribution is -0.125. The van der Waals surface area contributed by atoms with E-state index in [9.17, 15) is 20.1 Å². The fraction of sp³-hybridized carbons (Fsp3) is 0.978. The topological polar surface area (TPSA) is 89.8 Å². The Kier molecular flexibility index (Phi) is 40.6.